The molecule has 1 aromatic carbocycles. The van der Waals surface area contributed by atoms with E-state index in [2.05, 4.69) is 6.58 Å². The van der Waals surface area contributed by atoms with E-state index in [1.807, 2.05) is 37.3 Å². The molecule has 0 aliphatic rings. The third-order valence-corrected chi connectivity index (χ3v) is 2.59. The molecule has 0 N–H and O–H groups in total. The van der Waals surface area contributed by atoms with Gasteiger partial charge in [-0.2, -0.15) is 0 Å². The van der Waals surface area contributed by atoms with E-state index in [4.69, 9.17) is 4.42 Å². The van der Waals surface area contributed by atoms with Gasteiger partial charge in [0.15, 0.2) is 5.76 Å². The second-order valence-corrected chi connectivity index (χ2v) is 3.83. The van der Waals surface area contributed by atoms with E-state index >= 15 is 0 Å². The Morgan fingerprint density at radius 2 is 2.00 bits per heavy atom. The van der Waals surface area contributed by atoms with Crippen LogP contribution >= 0.6 is 0 Å². The molecule has 2 rings (SSSR count). The molecule has 0 spiro atoms. The number of hydrogen-bond donors (Lipinski definition) is 0. The number of benzene rings is 1. The van der Waals surface area contributed by atoms with Crippen molar-refractivity contribution in [2.75, 3.05) is 0 Å². The Hall–Kier alpha value is -2.35. The highest BCUT2D eigenvalue weighted by molar-refractivity contribution is 6.07. The summed E-state index contributed by atoms with van der Waals surface area (Å²) in [5, 5.41) is 0. The van der Waals surface area contributed by atoms with Crippen LogP contribution in [-0.2, 0) is 0 Å². The minimum absolute atomic E-state index is 0.116. The van der Waals surface area contributed by atoms with Crippen LogP contribution in [-0.4, -0.2) is 5.78 Å². The van der Waals surface area contributed by atoms with Crippen molar-refractivity contribution in [3.63, 3.8) is 0 Å². The molecule has 0 aliphatic carbocycles. The summed E-state index contributed by atoms with van der Waals surface area (Å²) in [6.07, 6.45) is 5.36. The van der Waals surface area contributed by atoms with Crippen LogP contribution in [0.2, 0.25) is 0 Å². The Labute approximate surface area is 106 Å². The van der Waals surface area contributed by atoms with Gasteiger partial charge in [0, 0.05) is 11.1 Å². The fourth-order valence-electron chi connectivity index (χ4n) is 1.70. The van der Waals surface area contributed by atoms with Crippen LogP contribution in [0.5, 0.6) is 0 Å². The van der Waals surface area contributed by atoms with Crippen molar-refractivity contribution in [1.82, 2.24) is 0 Å². The van der Waals surface area contributed by atoms with Crippen molar-refractivity contribution < 1.29 is 9.21 Å². The Kier molecular flexibility index (Phi) is 3.58. The van der Waals surface area contributed by atoms with E-state index in [1.165, 1.54) is 0 Å². The summed E-state index contributed by atoms with van der Waals surface area (Å²) in [4.78, 5) is 12.2. The first-order valence-corrected chi connectivity index (χ1v) is 5.75. The molecule has 0 saturated carbocycles. The number of carbonyl (C=O) groups is 1. The van der Waals surface area contributed by atoms with Crippen LogP contribution in [0.4, 0.5) is 0 Å². The van der Waals surface area contributed by atoms with Crippen molar-refractivity contribution in [1.29, 1.82) is 0 Å². The standard InChI is InChI=1S/C16H14O2/c1-3-8-14-12(4-2)11-15(18-14)16(17)13-9-6-5-7-10-13/h3-11H,2H2,1H3/b8-3-. The first kappa shape index (κ1) is 12.1. The first-order valence-electron chi connectivity index (χ1n) is 5.75. The second-order valence-electron chi connectivity index (χ2n) is 3.83. The zero-order valence-electron chi connectivity index (χ0n) is 10.2. The smallest absolute Gasteiger partial charge is 0.228 e. The number of hydrogen-bond acceptors (Lipinski definition) is 2. The van der Waals surface area contributed by atoms with Gasteiger partial charge in [0.25, 0.3) is 0 Å². The fraction of sp³-hybridized carbons (Fsp3) is 0.0625. The maximum absolute atomic E-state index is 12.2. The third-order valence-electron chi connectivity index (χ3n) is 2.59. The van der Waals surface area contributed by atoms with E-state index in [-0.39, 0.29) is 5.78 Å². The van der Waals surface area contributed by atoms with Gasteiger partial charge in [0.2, 0.25) is 5.78 Å². The lowest BCUT2D eigenvalue weighted by Gasteiger charge is -1.95. The molecule has 0 bridgehead atoms. The van der Waals surface area contributed by atoms with E-state index in [1.54, 1.807) is 24.3 Å². The van der Waals surface area contributed by atoms with Crippen molar-refractivity contribution >= 4 is 17.9 Å². The van der Waals surface area contributed by atoms with Crippen LogP contribution in [0.1, 0.15) is 34.4 Å². The lowest BCUT2D eigenvalue weighted by atomic mass is 10.1. The zero-order valence-corrected chi connectivity index (χ0v) is 10.2. The summed E-state index contributed by atoms with van der Waals surface area (Å²) in [5.74, 6) is 0.880. The van der Waals surface area contributed by atoms with E-state index in [0.717, 1.165) is 5.56 Å². The van der Waals surface area contributed by atoms with Gasteiger partial charge < -0.3 is 4.42 Å². The minimum atomic E-state index is -0.116. The van der Waals surface area contributed by atoms with Gasteiger partial charge in [-0.3, -0.25) is 4.79 Å². The molecule has 2 nitrogen and oxygen atoms in total. The molecule has 0 saturated heterocycles. The van der Waals surface area contributed by atoms with Crippen molar-refractivity contribution in [3.05, 3.63) is 71.7 Å². The van der Waals surface area contributed by atoms with E-state index in [9.17, 15) is 4.79 Å². The van der Waals surface area contributed by atoms with Gasteiger partial charge in [-0.1, -0.05) is 49.1 Å². The zero-order chi connectivity index (χ0) is 13.0. The summed E-state index contributed by atoms with van der Waals surface area (Å²) < 4.78 is 5.55. The summed E-state index contributed by atoms with van der Waals surface area (Å²) in [5.41, 5.74) is 1.45. The Morgan fingerprint density at radius 3 is 2.61 bits per heavy atom. The van der Waals surface area contributed by atoms with Gasteiger partial charge in [-0.05, 0) is 19.1 Å². The van der Waals surface area contributed by atoms with Crippen molar-refractivity contribution in [2.45, 2.75) is 6.92 Å². The largest absolute Gasteiger partial charge is 0.453 e. The molecule has 1 aromatic heterocycles. The number of carbonyl (C=O) groups excluding carboxylic acids is 1. The monoisotopic (exact) mass is 238 g/mol. The summed E-state index contributed by atoms with van der Waals surface area (Å²) in [6.45, 7) is 5.61. The number of rotatable bonds is 4. The van der Waals surface area contributed by atoms with Crippen LogP contribution < -0.4 is 0 Å². The molecule has 18 heavy (non-hydrogen) atoms. The molecule has 90 valence electrons. The van der Waals surface area contributed by atoms with Crippen LogP contribution in [0, 0.1) is 0 Å². The number of allylic oxidation sites excluding steroid dienone is 1. The molecular formula is C16H14O2. The van der Waals surface area contributed by atoms with Gasteiger partial charge in [0.05, 0.1) is 0 Å². The predicted octanol–water partition coefficient (Wildman–Crippen LogP) is 4.19. The maximum Gasteiger partial charge on any atom is 0.228 e. The average Bonchev–Trinajstić information content (AvgIpc) is 2.82. The fourth-order valence-corrected chi connectivity index (χ4v) is 1.70. The van der Waals surface area contributed by atoms with Crippen LogP contribution in [0.25, 0.3) is 12.2 Å². The molecular weight excluding hydrogens is 224 g/mol. The summed E-state index contributed by atoms with van der Waals surface area (Å²) in [6, 6.07) is 10.8. The topological polar surface area (TPSA) is 30.2 Å². The molecule has 1 heterocycles. The van der Waals surface area contributed by atoms with Crippen LogP contribution in [0.15, 0.2) is 53.5 Å². The van der Waals surface area contributed by atoms with Gasteiger partial charge in [-0.15, -0.1) is 0 Å². The van der Waals surface area contributed by atoms with Gasteiger partial charge in [0.1, 0.15) is 5.76 Å². The number of furan rings is 1. The minimum Gasteiger partial charge on any atom is -0.453 e. The maximum atomic E-state index is 12.2. The molecule has 0 amide bonds. The van der Waals surface area contributed by atoms with Gasteiger partial charge in [-0.25, -0.2) is 0 Å². The summed E-state index contributed by atoms with van der Waals surface area (Å²) in [7, 11) is 0. The van der Waals surface area contributed by atoms with E-state index < -0.39 is 0 Å². The average molecular weight is 238 g/mol. The highest BCUT2D eigenvalue weighted by Crippen LogP contribution is 2.21. The summed E-state index contributed by atoms with van der Waals surface area (Å²) >= 11 is 0. The van der Waals surface area contributed by atoms with Crippen LogP contribution in [0.3, 0.4) is 0 Å². The van der Waals surface area contributed by atoms with Gasteiger partial charge >= 0.3 is 0 Å². The number of ketones is 1. The molecule has 2 aromatic rings. The highest BCUT2D eigenvalue weighted by Gasteiger charge is 2.15. The van der Waals surface area contributed by atoms with Crippen molar-refractivity contribution in [2.24, 2.45) is 0 Å². The Bertz CT molecular complexity index is 589. The molecule has 0 aliphatic heterocycles. The van der Waals surface area contributed by atoms with E-state index in [0.29, 0.717) is 17.1 Å². The SMILES string of the molecule is C=Cc1cc(C(=O)c2ccccc2)oc1/C=C\C. The third kappa shape index (κ3) is 2.33. The molecule has 0 unspecified atom stereocenters. The predicted molar refractivity (Wildman–Crippen MR) is 73.4 cm³/mol. The lowest BCUT2D eigenvalue weighted by Crippen LogP contribution is -1.98. The Balaban J connectivity index is 2.40. The molecule has 2 heteroatoms. The lowest BCUT2D eigenvalue weighted by molar-refractivity contribution is 0.101. The first-order chi connectivity index (χ1) is 8.76. The molecule has 0 atom stereocenters. The highest BCUT2D eigenvalue weighted by atomic mass is 16.3. The van der Waals surface area contributed by atoms with Crippen molar-refractivity contribution in [3.8, 4) is 0 Å². The Morgan fingerprint density at radius 1 is 1.28 bits per heavy atom. The quantitative estimate of drug-likeness (QED) is 0.748. The molecule has 0 radical (unpaired) electrons. The normalized spacial score (nSPS) is 10.7. The second kappa shape index (κ2) is 5.32. The molecule has 0 fully saturated rings.